The zero-order valence-electron chi connectivity index (χ0n) is 17.3. The molecule has 1 unspecified atom stereocenters. The van der Waals surface area contributed by atoms with E-state index in [1.807, 2.05) is 26.8 Å². The van der Waals surface area contributed by atoms with Gasteiger partial charge in [-0.15, -0.1) is 0 Å². The zero-order chi connectivity index (χ0) is 20.7. The van der Waals surface area contributed by atoms with Gasteiger partial charge in [0.2, 0.25) is 0 Å². The molecule has 0 saturated carbocycles. The smallest absolute Gasteiger partial charge is 0.337 e. The van der Waals surface area contributed by atoms with Crippen molar-refractivity contribution in [2.75, 3.05) is 13.7 Å². The number of ether oxygens (including phenoxy) is 3. The maximum absolute atomic E-state index is 12.5. The second kappa shape index (κ2) is 10.0. The van der Waals surface area contributed by atoms with Gasteiger partial charge in [-0.25, -0.2) is 9.59 Å². The third-order valence-electron chi connectivity index (χ3n) is 4.30. The first kappa shape index (κ1) is 21.6. The molecule has 1 aromatic carbocycles. The first-order valence-electron chi connectivity index (χ1n) is 9.73. The Balaban J connectivity index is 2.50. The molecule has 1 atom stereocenters. The summed E-state index contributed by atoms with van der Waals surface area (Å²) >= 11 is 0. The van der Waals surface area contributed by atoms with Gasteiger partial charge in [0.1, 0.15) is 0 Å². The third kappa shape index (κ3) is 5.18. The van der Waals surface area contributed by atoms with Crippen LogP contribution in [-0.4, -0.2) is 31.8 Å². The number of nitrogens with one attached hydrogen (secondary N) is 2. The fourth-order valence-electron chi connectivity index (χ4n) is 3.09. The largest absolute Gasteiger partial charge is 0.490 e. The third-order valence-corrected chi connectivity index (χ3v) is 4.30. The van der Waals surface area contributed by atoms with Gasteiger partial charge in [0.25, 0.3) is 0 Å². The van der Waals surface area contributed by atoms with E-state index in [4.69, 9.17) is 14.2 Å². The molecule has 0 aliphatic carbocycles. The fraction of sp³-hybridized carbons (Fsp3) is 0.524. The molecule has 1 heterocycles. The van der Waals surface area contributed by atoms with Crippen molar-refractivity contribution in [3.63, 3.8) is 0 Å². The van der Waals surface area contributed by atoms with Gasteiger partial charge in [0.15, 0.2) is 11.5 Å². The highest BCUT2D eigenvalue weighted by Crippen LogP contribution is 2.35. The van der Waals surface area contributed by atoms with Gasteiger partial charge in [-0.05, 0) is 51.3 Å². The van der Waals surface area contributed by atoms with Crippen LogP contribution in [-0.2, 0) is 9.53 Å². The van der Waals surface area contributed by atoms with E-state index in [9.17, 15) is 9.59 Å². The number of carbonyl (C=O) groups excluding carboxylic acids is 2. The highest BCUT2D eigenvalue weighted by Gasteiger charge is 2.33. The van der Waals surface area contributed by atoms with Crippen molar-refractivity contribution in [2.45, 2.75) is 59.1 Å². The average Bonchev–Trinajstić information content (AvgIpc) is 2.66. The molecule has 0 spiro atoms. The topological polar surface area (TPSA) is 85.9 Å². The molecule has 2 N–H and O–H groups in total. The molecular formula is C21H30N2O5. The first-order chi connectivity index (χ1) is 13.4. The summed E-state index contributed by atoms with van der Waals surface area (Å²) in [6.07, 6.45) is 2.39. The van der Waals surface area contributed by atoms with E-state index < -0.39 is 12.0 Å². The number of allylic oxidation sites excluding steroid dienone is 1. The second-order valence-electron chi connectivity index (χ2n) is 6.82. The zero-order valence-corrected chi connectivity index (χ0v) is 17.3. The minimum atomic E-state index is -0.625. The number of benzene rings is 1. The van der Waals surface area contributed by atoms with Gasteiger partial charge in [-0.3, -0.25) is 0 Å². The van der Waals surface area contributed by atoms with Gasteiger partial charge in [0.05, 0.1) is 31.4 Å². The van der Waals surface area contributed by atoms with Crippen LogP contribution in [0.3, 0.4) is 0 Å². The lowest BCUT2D eigenvalue weighted by atomic mass is 9.93. The van der Waals surface area contributed by atoms with Crippen molar-refractivity contribution in [1.82, 2.24) is 10.6 Å². The van der Waals surface area contributed by atoms with Crippen LogP contribution in [0.1, 0.15) is 58.6 Å². The van der Waals surface area contributed by atoms with Crippen molar-refractivity contribution in [2.24, 2.45) is 0 Å². The molecule has 0 aromatic heterocycles. The average molecular weight is 390 g/mol. The number of unbranched alkanes of at least 4 members (excludes halogenated alkanes) is 1. The highest BCUT2D eigenvalue weighted by molar-refractivity contribution is 5.95. The van der Waals surface area contributed by atoms with E-state index in [2.05, 4.69) is 17.6 Å². The molecule has 0 bridgehead atoms. The number of rotatable bonds is 9. The predicted octanol–water partition coefficient (Wildman–Crippen LogP) is 3.84. The summed E-state index contributed by atoms with van der Waals surface area (Å²) in [5, 5.41) is 5.60. The number of carbonyl (C=O) groups is 2. The Hall–Kier alpha value is -2.70. The van der Waals surface area contributed by atoms with E-state index in [0.29, 0.717) is 35.8 Å². The summed E-state index contributed by atoms with van der Waals surface area (Å²) in [5.74, 6) is 0.723. The molecular weight excluding hydrogens is 360 g/mol. The molecule has 7 nitrogen and oxygen atoms in total. The van der Waals surface area contributed by atoms with Crippen LogP contribution >= 0.6 is 0 Å². The summed E-state index contributed by atoms with van der Waals surface area (Å²) in [5.41, 5.74) is 1.74. The minimum absolute atomic E-state index is 0.00480. The summed E-state index contributed by atoms with van der Waals surface area (Å²) in [4.78, 5) is 24.8. The predicted molar refractivity (Wildman–Crippen MR) is 106 cm³/mol. The van der Waals surface area contributed by atoms with Crippen LogP contribution in [0.15, 0.2) is 29.5 Å². The Morgan fingerprint density at radius 1 is 1.21 bits per heavy atom. The molecule has 1 aliphatic heterocycles. The number of hydrogen-bond acceptors (Lipinski definition) is 5. The molecule has 0 radical (unpaired) electrons. The lowest BCUT2D eigenvalue weighted by molar-refractivity contribution is -0.136. The lowest BCUT2D eigenvalue weighted by Crippen LogP contribution is -2.45. The van der Waals surface area contributed by atoms with E-state index in [0.717, 1.165) is 18.4 Å². The van der Waals surface area contributed by atoms with Crippen molar-refractivity contribution < 1.29 is 23.8 Å². The standard InChI is InChI=1S/C21H30N2O5/c1-6-8-9-15-18(20(24)26-5)19(23-21(25)22-15)14-10-11-16(28-13(3)4)17(12-14)27-7-2/h10-13,19H,6-9H2,1-5H3,(H2,22,23,25). The van der Waals surface area contributed by atoms with Crippen LogP contribution in [0.5, 0.6) is 11.5 Å². The van der Waals surface area contributed by atoms with E-state index >= 15 is 0 Å². The summed E-state index contributed by atoms with van der Waals surface area (Å²) in [6.45, 7) is 8.29. The molecule has 28 heavy (non-hydrogen) atoms. The van der Waals surface area contributed by atoms with E-state index in [-0.39, 0.29) is 12.1 Å². The van der Waals surface area contributed by atoms with Gasteiger partial charge in [0, 0.05) is 5.70 Å². The molecule has 2 amide bonds. The number of urea groups is 1. The summed E-state index contributed by atoms with van der Waals surface area (Å²) in [6, 6.07) is 4.47. The molecule has 7 heteroatoms. The summed E-state index contributed by atoms with van der Waals surface area (Å²) in [7, 11) is 1.34. The van der Waals surface area contributed by atoms with Gasteiger partial charge >= 0.3 is 12.0 Å². The number of amides is 2. The van der Waals surface area contributed by atoms with Crippen LogP contribution in [0, 0.1) is 0 Å². The monoisotopic (exact) mass is 390 g/mol. The molecule has 1 aromatic rings. The van der Waals surface area contributed by atoms with Crippen LogP contribution < -0.4 is 20.1 Å². The fourth-order valence-corrected chi connectivity index (χ4v) is 3.09. The molecule has 2 rings (SSSR count). The number of hydrogen-bond donors (Lipinski definition) is 2. The Bertz CT molecular complexity index is 742. The van der Waals surface area contributed by atoms with Crippen molar-refractivity contribution in [3.8, 4) is 11.5 Å². The number of esters is 1. The normalized spacial score (nSPS) is 16.5. The highest BCUT2D eigenvalue weighted by atomic mass is 16.5. The van der Waals surface area contributed by atoms with Crippen LogP contribution in [0.4, 0.5) is 4.79 Å². The second-order valence-corrected chi connectivity index (χ2v) is 6.82. The SMILES string of the molecule is CCCCC1=C(C(=O)OC)C(c2ccc(OC(C)C)c(OCC)c2)NC(=O)N1. The van der Waals surface area contributed by atoms with Gasteiger partial charge < -0.3 is 24.8 Å². The van der Waals surface area contributed by atoms with Gasteiger partial charge in [-0.1, -0.05) is 19.4 Å². The Morgan fingerprint density at radius 2 is 1.96 bits per heavy atom. The van der Waals surface area contributed by atoms with Crippen molar-refractivity contribution >= 4 is 12.0 Å². The van der Waals surface area contributed by atoms with Crippen LogP contribution in [0.25, 0.3) is 0 Å². The summed E-state index contributed by atoms with van der Waals surface area (Å²) < 4.78 is 16.5. The molecule has 1 aliphatic rings. The Morgan fingerprint density at radius 3 is 2.57 bits per heavy atom. The Labute approximate surface area is 166 Å². The van der Waals surface area contributed by atoms with E-state index in [1.165, 1.54) is 7.11 Å². The molecule has 0 fully saturated rings. The van der Waals surface area contributed by atoms with Crippen LogP contribution in [0.2, 0.25) is 0 Å². The first-order valence-corrected chi connectivity index (χ1v) is 9.73. The van der Waals surface area contributed by atoms with E-state index in [1.54, 1.807) is 12.1 Å². The van der Waals surface area contributed by atoms with Crippen molar-refractivity contribution in [1.29, 1.82) is 0 Å². The molecule has 154 valence electrons. The lowest BCUT2D eigenvalue weighted by Gasteiger charge is -2.29. The van der Waals surface area contributed by atoms with Crippen molar-refractivity contribution in [3.05, 3.63) is 35.0 Å². The molecule has 0 saturated heterocycles. The maximum atomic E-state index is 12.5. The minimum Gasteiger partial charge on any atom is -0.490 e. The van der Waals surface area contributed by atoms with Gasteiger partial charge in [-0.2, -0.15) is 0 Å². The Kier molecular flexibility index (Phi) is 7.72. The maximum Gasteiger partial charge on any atom is 0.337 e. The quantitative estimate of drug-likeness (QED) is 0.626. The number of methoxy groups -OCH3 is 1.